The molecule has 2 aliphatic heterocycles. The summed E-state index contributed by atoms with van der Waals surface area (Å²) < 4.78 is 78.1. The Kier molecular flexibility index (Phi) is 5.88. The third-order valence-electron chi connectivity index (χ3n) is 4.86. The summed E-state index contributed by atoms with van der Waals surface area (Å²) in [5.41, 5.74) is 0. The first kappa shape index (κ1) is 21.6. The fourth-order valence-corrected chi connectivity index (χ4v) is 6.67. The topological polar surface area (TPSA) is 105 Å². The highest BCUT2D eigenvalue weighted by Gasteiger charge is 2.40. The number of halogens is 2. The lowest BCUT2D eigenvalue weighted by molar-refractivity contribution is 0.171. The zero-order valence-corrected chi connectivity index (χ0v) is 18.0. The van der Waals surface area contributed by atoms with Gasteiger partial charge in [0.25, 0.3) is 0 Å². The van der Waals surface area contributed by atoms with E-state index >= 15 is 0 Å². The summed E-state index contributed by atoms with van der Waals surface area (Å²) in [6.45, 7) is 0.551. The minimum Gasteiger partial charge on any atom is -0.593 e. The van der Waals surface area contributed by atoms with E-state index in [-0.39, 0.29) is 41.0 Å². The number of hydrogen-bond donors (Lipinski definition) is 0. The van der Waals surface area contributed by atoms with Crippen LogP contribution in [0.4, 0.5) is 4.39 Å². The van der Waals surface area contributed by atoms with Gasteiger partial charge in [0.15, 0.2) is 42.1 Å². The second-order valence-electron chi connectivity index (χ2n) is 6.69. The molecule has 2 unspecified atom stereocenters. The van der Waals surface area contributed by atoms with Crippen molar-refractivity contribution in [3.8, 4) is 11.5 Å². The molecule has 0 saturated carbocycles. The first-order valence-corrected chi connectivity index (χ1v) is 12.3. The number of rotatable bonds is 4. The van der Waals surface area contributed by atoms with Crippen molar-refractivity contribution < 1.29 is 31.4 Å². The van der Waals surface area contributed by atoms with Crippen LogP contribution in [0.3, 0.4) is 0 Å². The Bertz CT molecular complexity index is 1060. The van der Waals surface area contributed by atoms with E-state index in [0.717, 1.165) is 22.5 Å². The van der Waals surface area contributed by atoms with E-state index in [4.69, 9.17) is 21.1 Å². The van der Waals surface area contributed by atoms with E-state index in [2.05, 4.69) is 0 Å². The van der Waals surface area contributed by atoms with Crippen LogP contribution >= 0.6 is 11.6 Å². The summed E-state index contributed by atoms with van der Waals surface area (Å²) >= 11 is 5.90. The highest BCUT2D eigenvalue weighted by molar-refractivity contribution is 7.96. The standard InChI is InChI=1S/C18H18ClFN2O6S2/c19-15-11-13(20)1-4-18(15)30(25,26)22-7-5-21(6-8-22)29(23,24)14-2-3-16-17(12-14)28-10-9-27-16/h1-4,11-12H,5-10H2. The molecule has 0 N–H and O–H groups in total. The Morgan fingerprint density at radius 1 is 0.867 bits per heavy atom. The molecule has 12 heteroatoms. The lowest BCUT2D eigenvalue weighted by atomic mass is 10.3. The molecule has 2 heterocycles. The average Bonchev–Trinajstić information content (AvgIpc) is 2.73. The summed E-state index contributed by atoms with van der Waals surface area (Å²) in [5, 5.41) is -0.221. The largest absolute Gasteiger partial charge is 0.593 e. The lowest BCUT2D eigenvalue weighted by Crippen LogP contribution is -2.53. The average molecular weight is 477 g/mol. The number of hydrogen-bond acceptors (Lipinski definition) is 6. The first-order chi connectivity index (χ1) is 14.2. The van der Waals surface area contributed by atoms with Crippen LogP contribution in [0.5, 0.6) is 11.5 Å². The van der Waals surface area contributed by atoms with Gasteiger partial charge >= 0.3 is 0 Å². The lowest BCUT2D eigenvalue weighted by Gasteiger charge is -2.36. The van der Waals surface area contributed by atoms with Gasteiger partial charge in [-0.2, -0.15) is 0 Å². The minimum absolute atomic E-state index is 0.0329. The quantitative estimate of drug-likeness (QED) is 0.627. The third-order valence-corrected chi connectivity index (χ3v) is 9.14. The molecular weight excluding hydrogens is 459 g/mol. The van der Waals surface area contributed by atoms with Crippen molar-refractivity contribution in [3.63, 3.8) is 0 Å². The van der Waals surface area contributed by atoms with Gasteiger partial charge in [0, 0.05) is 6.07 Å². The van der Waals surface area contributed by atoms with Crippen molar-refractivity contribution in [2.45, 2.75) is 9.79 Å². The van der Waals surface area contributed by atoms with Crippen LogP contribution < -0.4 is 9.47 Å². The molecule has 2 aromatic rings. The highest BCUT2D eigenvalue weighted by Crippen LogP contribution is 2.36. The molecule has 1 fully saturated rings. The molecule has 162 valence electrons. The van der Waals surface area contributed by atoms with Gasteiger partial charge in [-0.25, -0.2) is 4.39 Å². The van der Waals surface area contributed by atoms with Crippen molar-refractivity contribution in [1.29, 1.82) is 0 Å². The number of benzene rings is 2. The van der Waals surface area contributed by atoms with Crippen LogP contribution in [-0.4, -0.2) is 57.1 Å². The van der Waals surface area contributed by atoms with Gasteiger partial charge in [0.1, 0.15) is 24.1 Å². The Labute approximate surface area is 180 Å². The fraction of sp³-hybridized carbons (Fsp3) is 0.333. The molecule has 1 saturated heterocycles. The van der Waals surface area contributed by atoms with E-state index in [1.807, 2.05) is 0 Å². The van der Waals surface area contributed by atoms with Crippen molar-refractivity contribution >= 4 is 32.4 Å². The van der Waals surface area contributed by atoms with Gasteiger partial charge < -0.3 is 18.6 Å². The molecule has 0 spiro atoms. The number of ether oxygens (including phenoxy) is 2. The van der Waals surface area contributed by atoms with Gasteiger partial charge in [0.2, 0.25) is 0 Å². The summed E-state index contributed by atoms with van der Waals surface area (Å²) in [7, 11) is -7.82. The molecule has 0 amide bonds. The highest BCUT2D eigenvalue weighted by atomic mass is 35.5. The number of piperazine rings is 1. The number of sulfonamides is 2. The zero-order valence-electron chi connectivity index (χ0n) is 15.6. The third kappa shape index (κ3) is 3.98. The van der Waals surface area contributed by atoms with Crippen LogP contribution in [0.25, 0.3) is 0 Å². The second-order valence-corrected chi connectivity index (χ2v) is 10.9. The molecule has 2 atom stereocenters. The van der Waals surface area contributed by atoms with Gasteiger partial charge in [0.05, 0.1) is 26.2 Å². The van der Waals surface area contributed by atoms with E-state index in [9.17, 15) is 21.9 Å². The maximum Gasteiger partial charge on any atom is 0.194 e. The Hall–Kier alpha value is -1.60. The SMILES string of the molecule is O=[S+]([O-])(c1ccc2c(c1)OCCO2)N1CCN([S+](=O)([O-])c2ccc(F)cc2Cl)CC1. The molecule has 2 aromatic carbocycles. The molecule has 2 aliphatic rings. The Balaban J connectivity index is 1.50. The molecule has 8 nitrogen and oxygen atoms in total. The molecule has 0 aliphatic carbocycles. The van der Waals surface area contributed by atoms with Crippen LogP contribution in [0.2, 0.25) is 5.02 Å². The molecule has 0 aromatic heterocycles. The monoisotopic (exact) mass is 476 g/mol. The van der Waals surface area contributed by atoms with Crippen LogP contribution in [0.15, 0.2) is 46.2 Å². The maximum atomic E-state index is 13.2. The molecular formula is C18H18ClFN2O6S2. The molecule has 4 rings (SSSR count). The molecule has 0 bridgehead atoms. The summed E-state index contributed by atoms with van der Waals surface area (Å²) in [6.07, 6.45) is 0. The van der Waals surface area contributed by atoms with Crippen molar-refractivity contribution in [1.82, 2.24) is 8.61 Å². The predicted molar refractivity (Wildman–Crippen MR) is 106 cm³/mol. The summed E-state index contributed by atoms with van der Waals surface area (Å²) in [4.78, 5) is -0.168. The molecule has 0 radical (unpaired) electrons. The molecule has 30 heavy (non-hydrogen) atoms. The normalized spacial score (nSPS) is 21.6. The maximum absolute atomic E-state index is 13.2. The van der Waals surface area contributed by atoms with E-state index in [1.165, 1.54) is 16.4 Å². The summed E-state index contributed by atoms with van der Waals surface area (Å²) in [5.74, 6) is 0.191. The fourth-order valence-electron chi connectivity index (χ4n) is 3.31. The van der Waals surface area contributed by atoms with Gasteiger partial charge in [-0.15, -0.1) is 8.61 Å². The van der Waals surface area contributed by atoms with Crippen molar-refractivity contribution in [2.24, 2.45) is 0 Å². The van der Waals surface area contributed by atoms with Gasteiger partial charge in [-0.1, -0.05) is 20.0 Å². The van der Waals surface area contributed by atoms with Crippen molar-refractivity contribution in [2.75, 3.05) is 39.4 Å². The van der Waals surface area contributed by atoms with Gasteiger partial charge in [-0.05, 0) is 30.3 Å². The zero-order chi connectivity index (χ0) is 21.5. The van der Waals surface area contributed by atoms with Gasteiger partial charge in [-0.3, -0.25) is 0 Å². The minimum atomic E-state index is -3.98. The number of fused-ring (bicyclic) bond motifs is 1. The smallest absolute Gasteiger partial charge is 0.194 e. The Morgan fingerprint density at radius 2 is 1.47 bits per heavy atom. The number of nitrogens with zero attached hydrogens (tertiary/aromatic N) is 2. The van der Waals surface area contributed by atoms with Crippen LogP contribution in [0.1, 0.15) is 0 Å². The van der Waals surface area contributed by atoms with E-state index in [0.29, 0.717) is 24.7 Å². The first-order valence-electron chi connectivity index (χ1n) is 9.04. The van der Waals surface area contributed by atoms with Crippen molar-refractivity contribution in [3.05, 3.63) is 47.2 Å². The Morgan fingerprint density at radius 3 is 2.10 bits per heavy atom. The van der Waals surface area contributed by atoms with E-state index < -0.39 is 26.6 Å². The van der Waals surface area contributed by atoms with Crippen LogP contribution in [0, 0.1) is 5.82 Å². The van der Waals surface area contributed by atoms with E-state index in [1.54, 1.807) is 6.07 Å². The second kappa shape index (κ2) is 8.15. The summed E-state index contributed by atoms with van der Waals surface area (Å²) in [6, 6.07) is 7.43. The predicted octanol–water partition coefficient (Wildman–Crippen LogP) is 2.38. The van der Waals surface area contributed by atoms with Crippen LogP contribution in [-0.2, 0) is 29.2 Å².